The average Bonchev–Trinajstić information content (AvgIpc) is 2.77. The molecule has 2 rings (SSSR count). The van der Waals surface area contributed by atoms with E-state index in [0.717, 1.165) is 12.1 Å². The number of nitrogens with two attached hydrogens (primary N) is 1. The fourth-order valence-electron chi connectivity index (χ4n) is 2.08. The molecule has 1 aromatic heterocycles. The zero-order chi connectivity index (χ0) is 15.8. The number of ether oxygens (including phenoxy) is 1. The van der Waals surface area contributed by atoms with Crippen molar-refractivity contribution < 1.29 is 17.9 Å². The smallest absolute Gasteiger partial charge is 0.416 e. The Hall–Kier alpha value is -2.18. The Kier molecular flexibility index (Phi) is 3.61. The fraction of sp³-hybridized carbons (Fsp3) is 0.357. The Balaban J connectivity index is 2.30. The van der Waals surface area contributed by atoms with E-state index in [-0.39, 0.29) is 11.4 Å². The van der Waals surface area contributed by atoms with Gasteiger partial charge in [0, 0.05) is 19.4 Å². The Labute approximate surface area is 120 Å². The van der Waals surface area contributed by atoms with Crippen LogP contribution in [0.2, 0.25) is 0 Å². The first kappa shape index (κ1) is 15.2. The van der Waals surface area contributed by atoms with Crippen molar-refractivity contribution in [1.82, 2.24) is 9.55 Å². The van der Waals surface area contributed by atoms with Crippen molar-refractivity contribution in [3.63, 3.8) is 0 Å². The summed E-state index contributed by atoms with van der Waals surface area (Å²) in [4.78, 5) is 4.19. The largest absolute Gasteiger partial charge is 0.478 e. The number of aromatic nitrogens is 2. The molecule has 0 bridgehead atoms. The average molecular weight is 299 g/mol. The van der Waals surface area contributed by atoms with E-state index in [2.05, 4.69) is 4.98 Å². The number of nitrogens with zero attached hydrogens (tertiary/aromatic N) is 2. The summed E-state index contributed by atoms with van der Waals surface area (Å²) in [5.41, 5.74) is 3.97. The Morgan fingerprint density at radius 3 is 2.38 bits per heavy atom. The molecule has 0 fully saturated rings. The Bertz CT molecular complexity index is 647. The van der Waals surface area contributed by atoms with Crippen LogP contribution >= 0.6 is 0 Å². The van der Waals surface area contributed by atoms with Gasteiger partial charge in [0.1, 0.15) is 5.75 Å². The first-order valence-electron chi connectivity index (χ1n) is 6.25. The molecule has 0 spiro atoms. The van der Waals surface area contributed by atoms with Crippen LogP contribution in [0, 0.1) is 0 Å². The highest BCUT2D eigenvalue weighted by Crippen LogP contribution is 2.36. The van der Waals surface area contributed by atoms with Crippen LogP contribution in [0.1, 0.15) is 25.2 Å². The third-order valence-corrected chi connectivity index (χ3v) is 3.06. The summed E-state index contributed by atoms with van der Waals surface area (Å²) in [6, 6.07) is 3.03. The topological polar surface area (TPSA) is 53.1 Å². The van der Waals surface area contributed by atoms with Crippen molar-refractivity contribution in [2.45, 2.75) is 25.6 Å². The van der Waals surface area contributed by atoms with E-state index in [4.69, 9.17) is 10.5 Å². The predicted octanol–water partition coefficient (Wildman–Crippen LogP) is 3.34. The van der Waals surface area contributed by atoms with E-state index in [1.807, 2.05) is 7.05 Å². The van der Waals surface area contributed by atoms with E-state index in [0.29, 0.717) is 5.82 Å². The summed E-state index contributed by atoms with van der Waals surface area (Å²) < 4.78 is 45.3. The molecule has 2 N–H and O–H groups in total. The third-order valence-electron chi connectivity index (χ3n) is 3.06. The number of alkyl halides is 3. The lowest BCUT2D eigenvalue weighted by molar-refractivity contribution is -0.137. The van der Waals surface area contributed by atoms with Crippen LogP contribution in [0.15, 0.2) is 30.6 Å². The van der Waals surface area contributed by atoms with Gasteiger partial charge in [-0.15, -0.1) is 0 Å². The zero-order valence-corrected chi connectivity index (χ0v) is 11.9. The molecule has 2 aromatic rings. The second-order valence-electron chi connectivity index (χ2n) is 5.22. The number of aryl methyl sites for hydroxylation is 1. The van der Waals surface area contributed by atoms with E-state index in [9.17, 15) is 13.2 Å². The number of benzene rings is 1. The minimum Gasteiger partial charge on any atom is -0.478 e. The molecule has 0 amide bonds. The molecule has 114 valence electrons. The van der Waals surface area contributed by atoms with Crippen LogP contribution in [0.4, 0.5) is 18.9 Å². The number of hydrogen-bond donors (Lipinski definition) is 1. The lowest BCUT2D eigenvalue weighted by atomic mass is 10.1. The summed E-state index contributed by atoms with van der Waals surface area (Å²) >= 11 is 0. The molecule has 0 aliphatic rings. The van der Waals surface area contributed by atoms with Crippen molar-refractivity contribution in [1.29, 1.82) is 0 Å². The van der Waals surface area contributed by atoms with E-state index in [1.54, 1.807) is 30.8 Å². The van der Waals surface area contributed by atoms with Crippen LogP contribution < -0.4 is 10.5 Å². The van der Waals surface area contributed by atoms with Gasteiger partial charge in [0.2, 0.25) is 0 Å². The highest BCUT2D eigenvalue weighted by molar-refractivity contribution is 5.55. The van der Waals surface area contributed by atoms with Gasteiger partial charge in [0.05, 0.1) is 11.3 Å². The molecule has 0 radical (unpaired) electrons. The molecule has 0 saturated heterocycles. The Morgan fingerprint density at radius 1 is 1.24 bits per heavy atom. The second kappa shape index (κ2) is 4.98. The molecular weight excluding hydrogens is 283 g/mol. The number of imidazole rings is 1. The minimum atomic E-state index is -4.43. The molecule has 0 aliphatic heterocycles. The first-order valence-corrected chi connectivity index (χ1v) is 6.25. The number of rotatable bonds is 3. The number of anilines is 1. The van der Waals surface area contributed by atoms with Crippen molar-refractivity contribution in [3.05, 3.63) is 42.0 Å². The molecule has 1 heterocycles. The van der Waals surface area contributed by atoms with E-state index >= 15 is 0 Å². The summed E-state index contributed by atoms with van der Waals surface area (Å²) in [6.45, 7) is 3.54. The molecule has 0 aliphatic carbocycles. The Morgan fingerprint density at radius 2 is 1.90 bits per heavy atom. The standard InChI is InChI=1S/C14H16F3N3O/c1-13(2,12-19-6-7-20(12)3)21-11-5-4-9(8-10(11)18)14(15,16)17/h4-8H,18H2,1-3H3. The summed E-state index contributed by atoms with van der Waals surface area (Å²) in [5.74, 6) is 0.831. The van der Waals surface area contributed by atoms with Gasteiger partial charge in [-0.05, 0) is 32.0 Å². The molecule has 0 atom stereocenters. The highest BCUT2D eigenvalue weighted by atomic mass is 19.4. The SMILES string of the molecule is Cn1ccnc1C(C)(C)Oc1ccc(C(F)(F)F)cc1N. The number of nitrogen functional groups attached to an aromatic ring is 1. The fourth-order valence-corrected chi connectivity index (χ4v) is 2.08. The molecular formula is C14H16F3N3O. The maximum atomic E-state index is 12.6. The minimum absolute atomic E-state index is 0.0629. The van der Waals surface area contributed by atoms with Crippen LogP contribution in [0.5, 0.6) is 5.75 Å². The van der Waals surface area contributed by atoms with E-state index in [1.165, 1.54) is 6.07 Å². The van der Waals surface area contributed by atoms with Gasteiger partial charge in [-0.1, -0.05) is 0 Å². The van der Waals surface area contributed by atoms with Crippen LogP contribution in [-0.2, 0) is 18.8 Å². The summed E-state index contributed by atoms with van der Waals surface area (Å²) in [7, 11) is 1.81. The first-order chi connectivity index (χ1) is 9.61. The molecule has 0 saturated carbocycles. The summed E-state index contributed by atoms with van der Waals surface area (Å²) in [6.07, 6.45) is -1.05. The maximum Gasteiger partial charge on any atom is 0.416 e. The highest BCUT2D eigenvalue weighted by Gasteiger charge is 2.32. The van der Waals surface area contributed by atoms with Crippen LogP contribution in [0.25, 0.3) is 0 Å². The van der Waals surface area contributed by atoms with Crippen LogP contribution in [-0.4, -0.2) is 9.55 Å². The predicted molar refractivity (Wildman–Crippen MR) is 72.7 cm³/mol. The van der Waals surface area contributed by atoms with Gasteiger partial charge >= 0.3 is 6.18 Å². The molecule has 7 heteroatoms. The van der Waals surface area contributed by atoms with Crippen molar-refractivity contribution >= 4 is 5.69 Å². The number of hydrogen-bond acceptors (Lipinski definition) is 3. The zero-order valence-electron chi connectivity index (χ0n) is 11.9. The van der Waals surface area contributed by atoms with Gasteiger partial charge in [-0.2, -0.15) is 13.2 Å². The van der Waals surface area contributed by atoms with Gasteiger partial charge in [0.15, 0.2) is 11.4 Å². The molecule has 1 aromatic carbocycles. The number of halogens is 3. The second-order valence-corrected chi connectivity index (χ2v) is 5.22. The van der Waals surface area contributed by atoms with Crippen LogP contribution in [0.3, 0.4) is 0 Å². The van der Waals surface area contributed by atoms with Crippen molar-refractivity contribution in [3.8, 4) is 5.75 Å². The van der Waals surface area contributed by atoms with Gasteiger partial charge < -0.3 is 15.0 Å². The van der Waals surface area contributed by atoms with Gasteiger partial charge in [-0.25, -0.2) is 4.98 Å². The summed E-state index contributed by atoms with van der Waals surface area (Å²) in [5, 5.41) is 0. The van der Waals surface area contributed by atoms with Gasteiger partial charge in [0.25, 0.3) is 0 Å². The molecule has 21 heavy (non-hydrogen) atoms. The quantitative estimate of drug-likeness (QED) is 0.884. The van der Waals surface area contributed by atoms with Gasteiger partial charge in [-0.3, -0.25) is 0 Å². The normalized spacial score (nSPS) is 12.5. The van der Waals surface area contributed by atoms with Crippen molar-refractivity contribution in [2.24, 2.45) is 7.05 Å². The maximum absolute atomic E-state index is 12.6. The third kappa shape index (κ3) is 3.12. The monoisotopic (exact) mass is 299 g/mol. The molecule has 0 unspecified atom stereocenters. The lowest BCUT2D eigenvalue weighted by Crippen LogP contribution is -2.29. The van der Waals surface area contributed by atoms with E-state index < -0.39 is 17.3 Å². The van der Waals surface area contributed by atoms with Crippen molar-refractivity contribution in [2.75, 3.05) is 5.73 Å². The lowest BCUT2D eigenvalue weighted by Gasteiger charge is -2.27. The molecule has 4 nitrogen and oxygen atoms in total.